The number of thiocarbonyl (C=S) groups is 1. The molecule has 0 aliphatic heterocycles. The summed E-state index contributed by atoms with van der Waals surface area (Å²) in [6.45, 7) is 0. The summed E-state index contributed by atoms with van der Waals surface area (Å²) >= 11 is 5.00. The normalized spacial score (nSPS) is 10.4. The van der Waals surface area contributed by atoms with Crippen LogP contribution >= 0.6 is 12.2 Å². The topological polar surface area (TPSA) is 59.6 Å². The third-order valence-corrected chi connectivity index (χ3v) is 3.40. The molecule has 0 unspecified atom stereocenters. The van der Waals surface area contributed by atoms with E-state index >= 15 is 0 Å². The van der Waals surface area contributed by atoms with E-state index in [1.165, 1.54) is 25.3 Å². The van der Waals surface area contributed by atoms with Gasteiger partial charge in [0.15, 0.2) is 16.6 Å². The fourth-order valence-electron chi connectivity index (χ4n) is 2.00. The molecular formula is C18H17FN2O3S. The molecule has 0 radical (unpaired) electrons. The number of carbonyl (C=O) groups excluding carboxylic acids is 1. The van der Waals surface area contributed by atoms with E-state index < -0.39 is 11.7 Å². The SMILES string of the molecule is COc1ccc(C=CC(=O)NC(=S)Nc2ccccc2F)cc1OC. The van der Waals surface area contributed by atoms with Crippen molar-refractivity contribution in [1.29, 1.82) is 0 Å². The number of para-hydroxylation sites is 1. The second-order valence-electron chi connectivity index (χ2n) is 4.87. The van der Waals surface area contributed by atoms with Crippen LogP contribution in [0.1, 0.15) is 5.56 Å². The lowest BCUT2D eigenvalue weighted by molar-refractivity contribution is -0.115. The summed E-state index contributed by atoms with van der Waals surface area (Å²) in [5.74, 6) is 0.254. The minimum atomic E-state index is -0.458. The monoisotopic (exact) mass is 360 g/mol. The summed E-state index contributed by atoms with van der Waals surface area (Å²) in [5, 5.41) is 5.08. The molecule has 0 saturated carbocycles. The van der Waals surface area contributed by atoms with Crippen LogP contribution in [-0.4, -0.2) is 25.2 Å². The number of nitrogens with one attached hydrogen (secondary N) is 2. The van der Waals surface area contributed by atoms with Crippen molar-refractivity contribution in [2.24, 2.45) is 0 Å². The largest absolute Gasteiger partial charge is 0.493 e. The van der Waals surface area contributed by atoms with Crippen LogP contribution in [0.15, 0.2) is 48.5 Å². The molecule has 0 atom stereocenters. The second-order valence-corrected chi connectivity index (χ2v) is 5.28. The lowest BCUT2D eigenvalue weighted by Gasteiger charge is -2.09. The van der Waals surface area contributed by atoms with E-state index in [2.05, 4.69) is 10.6 Å². The van der Waals surface area contributed by atoms with Gasteiger partial charge in [0.1, 0.15) is 5.82 Å². The average molecular weight is 360 g/mol. The second kappa shape index (κ2) is 8.79. The van der Waals surface area contributed by atoms with Gasteiger partial charge >= 0.3 is 0 Å². The van der Waals surface area contributed by atoms with Gasteiger partial charge in [0, 0.05) is 6.08 Å². The van der Waals surface area contributed by atoms with Crippen molar-refractivity contribution in [2.75, 3.05) is 19.5 Å². The number of rotatable bonds is 5. The summed E-state index contributed by atoms with van der Waals surface area (Å²) in [7, 11) is 3.08. The Hall–Kier alpha value is -2.93. The van der Waals surface area contributed by atoms with Crippen molar-refractivity contribution in [3.8, 4) is 11.5 Å². The number of halogens is 1. The van der Waals surface area contributed by atoms with Crippen LogP contribution in [0.4, 0.5) is 10.1 Å². The van der Waals surface area contributed by atoms with Gasteiger partial charge in [-0.15, -0.1) is 0 Å². The fraction of sp³-hybridized carbons (Fsp3) is 0.111. The predicted octanol–water partition coefficient (Wildman–Crippen LogP) is 3.37. The summed E-state index contributed by atoms with van der Waals surface area (Å²) < 4.78 is 23.9. The minimum absolute atomic E-state index is 0.00654. The Kier molecular flexibility index (Phi) is 6.47. The fourth-order valence-corrected chi connectivity index (χ4v) is 2.21. The highest BCUT2D eigenvalue weighted by Crippen LogP contribution is 2.27. The van der Waals surface area contributed by atoms with Crippen molar-refractivity contribution < 1.29 is 18.7 Å². The van der Waals surface area contributed by atoms with Gasteiger partial charge in [0.2, 0.25) is 5.91 Å². The van der Waals surface area contributed by atoms with Gasteiger partial charge in [-0.2, -0.15) is 0 Å². The molecule has 0 heterocycles. The number of amides is 1. The molecule has 0 aromatic heterocycles. The van der Waals surface area contributed by atoms with Crippen LogP contribution in [0.2, 0.25) is 0 Å². The van der Waals surface area contributed by atoms with Gasteiger partial charge < -0.3 is 14.8 Å². The maximum absolute atomic E-state index is 13.5. The molecule has 2 aromatic rings. The van der Waals surface area contributed by atoms with Gasteiger partial charge in [-0.25, -0.2) is 4.39 Å². The third-order valence-electron chi connectivity index (χ3n) is 3.19. The number of hydrogen-bond donors (Lipinski definition) is 2. The molecule has 0 aliphatic carbocycles. The zero-order chi connectivity index (χ0) is 18.2. The number of methoxy groups -OCH3 is 2. The highest BCUT2D eigenvalue weighted by molar-refractivity contribution is 7.80. The van der Waals surface area contributed by atoms with Crippen LogP contribution in [0.5, 0.6) is 11.5 Å². The molecule has 0 aliphatic rings. The van der Waals surface area contributed by atoms with Crippen LogP contribution in [0.25, 0.3) is 6.08 Å². The quantitative estimate of drug-likeness (QED) is 0.632. The van der Waals surface area contributed by atoms with E-state index in [1.54, 1.807) is 43.5 Å². The molecule has 2 rings (SSSR count). The Bertz CT molecular complexity index is 809. The molecule has 2 N–H and O–H groups in total. The Labute approximate surface area is 150 Å². The van der Waals surface area contributed by atoms with Gasteiger partial charge in [-0.1, -0.05) is 18.2 Å². The predicted molar refractivity (Wildman–Crippen MR) is 99.3 cm³/mol. The van der Waals surface area contributed by atoms with Crippen molar-refractivity contribution in [3.05, 3.63) is 59.9 Å². The van der Waals surface area contributed by atoms with Crippen LogP contribution in [0.3, 0.4) is 0 Å². The van der Waals surface area contributed by atoms with E-state index in [0.717, 1.165) is 5.56 Å². The number of anilines is 1. The molecule has 2 aromatic carbocycles. The van der Waals surface area contributed by atoms with E-state index in [4.69, 9.17) is 21.7 Å². The molecule has 0 saturated heterocycles. The molecule has 0 bridgehead atoms. The maximum atomic E-state index is 13.5. The highest BCUT2D eigenvalue weighted by Gasteiger charge is 2.06. The number of carbonyl (C=O) groups is 1. The average Bonchev–Trinajstić information content (AvgIpc) is 2.61. The first-order valence-electron chi connectivity index (χ1n) is 7.30. The maximum Gasteiger partial charge on any atom is 0.250 e. The van der Waals surface area contributed by atoms with Crippen molar-refractivity contribution in [3.63, 3.8) is 0 Å². The van der Waals surface area contributed by atoms with Crippen LogP contribution in [-0.2, 0) is 4.79 Å². The standard InChI is InChI=1S/C18H17FN2O3S/c1-23-15-9-7-12(11-16(15)24-2)8-10-17(22)21-18(25)20-14-6-4-3-5-13(14)19/h3-11H,1-2H3,(H2,20,21,22,25). The first kappa shape index (κ1) is 18.4. The minimum Gasteiger partial charge on any atom is -0.493 e. The van der Waals surface area contributed by atoms with Crippen molar-refractivity contribution >= 4 is 35.0 Å². The molecule has 1 amide bonds. The Morgan fingerprint density at radius 3 is 2.52 bits per heavy atom. The van der Waals surface area contributed by atoms with Crippen molar-refractivity contribution in [2.45, 2.75) is 0 Å². The van der Waals surface area contributed by atoms with Gasteiger partial charge in [0.25, 0.3) is 0 Å². The van der Waals surface area contributed by atoms with E-state index in [-0.39, 0.29) is 10.8 Å². The third kappa shape index (κ3) is 5.29. The van der Waals surface area contributed by atoms with Crippen LogP contribution in [0, 0.1) is 5.82 Å². The zero-order valence-corrected chi connectivity index (χ0v) is 14.5. The van der Waals surface area contributed by atoms with Crippen molar-refractivity contribution in [1.82, 2.24) is 5.32 Å². The number of benzene rings is 2. The van der Waals surface area contributed by atoms with Crippen LogP contribution < -0.4 is 20.1 Å². The van der Waals surface area contributed by atoms with Gasteiger partial charge in [0.05, 0.1) is 19.9 Å². The van der Waals surface area contributed by atoms with Gasteiger partial charge in [-0.3, -0.25) is 10.1 Å². The molecule has 0 spiro atoms. The molecular weight excluding hydrogens is 343 g/mol. The molecule has 25 heavy (non-hydrogen) atoms. The molecule has 7 heteroatoms. The summed E-state index contributed by atoms with van der Waals surface area (Å²) in [6.07, 6.45) is 2.92. The lowest BCUT2D eigenvalue weighted by Crippen LogP contribution is -2.33. The molecule has 130 valence electrons. The summed E-state index contributed by atoms with van der Waals surface area (Å²) in [6, 6.07) is 11.3. The number of hydrogen-bond acceptors (Lipinski definition) is 4. The molecule has 5 nitrogen and oxygen atoms in total. The Morgan fingerprint density at radius 1 is 1.12 bits per heavy atom. The summed E-state index contributed by atoms with van der Waals surface area (Å²) in [4.78, 5) is 11.9. The van der Waals surface area contributed by atoms with E-state index in [0.29, 0.717) is 11.5 Å². The van der Waals surface area contributed by atoms with E-state index in [1.807, 2.05) is 0 Å². The lowest BCUT2D eigenvalue weighted by atomic mass is 10.2. The number of ether oxygens (including phenoxy) is 2. The Morgan fingerprint density at radius 2 is 1.84 bits per heavy atom. The van der Waals surface area contributed by atoms with Gasteiger partial charge in [-0.05, 0) is 48.1 Å². The smallest absolute Gasteiger partial charge is 0.250 e. The molecule has 0 fully saturated rings. The zero-order valence-electron chi connectivity index (χ0n) is 13.7. The highest BCUT2D eigenvalue weighted by atomic mass is 32.1. The summed E-state index contributed by atoms with van der Waals surface area (Å²) in [5.41, 5.74) is 0.942. The Balaban J connectivity index is 1.96. The first-order valence-corrected chi connectivity index (χ1v) is 7.71. The van der Waals surface area contributed by atoms with E-state index in [9.17, 15) is 9.18 Å². The first-order chi connectivity index (χ1) is 12.0.